The van der Waals surface area contributed by atoms with E-state index in [9.17, 15) is 29.7 Å². The van der Waals surface area contributed by atoms with Gasteiger partial charge in [0.25, 0.3) is 0 Å². The molecular formula is C12H21N3O9. The first-order valence-corrected chi connectivity index (χ1v) is 7.05. The molecule has 1 rings (SSSR count). The second-order valence-electron chi connectivity index (χ2n) is 5.37. The van der Waals surface area contributed by atoms with E-state index < -0.39 is 74.0 Å². The molecular weight excluding hydrogens is 330 g/mol. The van der Waals surface area contributed by atoms with Gasteiger partial charge in [0.2, 0.25) is 0 Å². The maximum Gasteiger partial charge on any atom is 0.317 e. The number of rotatable bonds is 9. The number of hydrogen-bond acceptors (Lipinski definition) is 9. The Hall–Kier alpha value is -1.83. The van der Waals surface area contributed by atoms with Crippen molar-refractivity contribution in [1.82, 2.24) is 16.0 Å². The van der Waals surface area contributed by atoms with Crippen molar-refractivity contribution >= 4 is 17.9 Å². The highest BCUT2D eigenvalue weighted by Gasteiger charge is 2.49. The van der Waals surface area contributed by atoms with Gasteiger partial charge in [-0.15, -0.1) is 0 Å². The van der Waals surface area contributed by atoms with Crippen LogP contribution in [-0.2, 0) is 14.4 Å². The fourth-order valence-electron chi connectivity index (χ4n) is 2.62. The molecule has 0 amide bonds. The van der Waals surface area contributed by atoms with Gasteiger partial charge >= 0.3 is 17.9 Å². The van der Waals surface area contributed by atoms with Crippen LogP contribution >= 0.6 is 0 Å². The van der Waals surface area contributed by atoms with Gasteiger partial charge in [-0.2, -0.15) is 0 Å². The molecule has 9 N–H and O–H groups in total. The molecule has 12 nitrogen and oxygen atoms in total. The van der Waals surface area contributed by atoms with Gasteiger partial charge in [-0.25, -0.2) is 0 Å². The number of aliphatic carboxylic acids is 3. The molecule has 0 heterocycles. The average Bonchev–Trinajstić information content (AvgIpc) is 2.45. The lowest BCUT2D eigenvalue weighted by Crippen LogP contribution is -2.74. The van der Waals surface area contributed by atoms with Crippen molar-refractivity contribution in [1.29, 1.82) is 0 Å². The van der Waals surface area contributed by atoms with Gasteiger partial charge in [-0.1, -0.05) is 0 Å². The van der Waals surface area contributed by atoms with Crippen LogP contribution in [0.1, 0.15) is 0 Å². The smallest absolute Gasteiger partial charge is 0.317 e. The normalized spacial score (nSPS) is 33.1. The van der Waals surface area contributed by atoms with Gasteiger partial charge in [0.1, 0.15) is 0 Å². The number of carbonyl (C=O) groups is 3. The van der Waals surface area contributed by atoms with Crippen LogP contribution in [0.2, 0.25) is 0 Å². The summed E-state index contributed by atoms with van der Waals surface area (Å²) in [7, 11) is 0. The van der Waals surface area contributed by atoms with Crippen LogP contribution in [0, 0.1) is 0 Å². The number of aliphatic hydroxyl groups is 3. The van der Waals surface area contributed by atoms with Gasteiger partial charge < -0.3 is 30.6 Å². The number of nitrogens with one attached hydrogen (secondary N) is 3. The van der Waals surface area contributed by atoms with Crippen LogP contribution in [0.4, 0.5) is 0 Å². The molecule has 1 saturated carbocycles. The van der Waals surface area contributed by atoms with Crippen LogP contribution in [-0.4, -0.2) is 105 Å². The molecule has 0 bridgehead atoms. The van der Waals surface area contributed by atoms with Crippen molar-refractivity contribution in [3.63, 3.8) is 0 Å². The quantitative estimate of drug-likeness (QED) is 0.192. The first-order chi connectivity index (χ1) is 11.1. The Morgan fingerprint density at radius 1 is 0.583 bits per heavy atom. The SMILES string of the molecule is O=C(O)CNC1C(O)C(NCC(=O)O)C(O)C(NCC(=O)O)C1O. The predicted molar refractivity (Wildman–Crippen MR) is 76.3 cm³/mol. The summed E-state index contributed by atoms with van der Waals surface area (Å²) in [6.07, 6.45) is -4.55. The highest BCUT2D eigenvalue weighted by Crippen LogP contribution is 2.22. The van der Waals surface area contributed by atoms with E-state index in [4.69, 9.17) is 15.3 Å². The van der Waals surface area contributed by atoms with E-state index in [1.165, 1.54) is 0 Å². The van der Waals surface area contributed by atoms with E-state index in [1.807, 2.05) is 0 Å². The third-order valence-corrected chi connectivity index (χ3v) is 3.67. The second-order valence-corrected chi connectivity index (χ2v) is 5.37. The zero-order valence-electron chi connectivity index (χ0n) is 12.5. The summed E-state index contributed by atoms with van der Waals surface area (Å²) in [6, 6.07) is -3.70. The zero-order valence-corrected chi connectivity index (χ0v) is 12.5. The molecule has 0 radical (unpaired) electrons. The maximum absolute atomic E-state index is 10.7. The summed E-state index contributed by atoms with van der Waals surface area (Å²) in [5, 5.41) is 63.9. The Morgan fingerprint density at radius 2 is 0.792 bits per heavy atom. The second kappa shape index (κ2) is 8.86. The molecule has 1 aliphatic carbocycles. The minimum absolute atomic E-state index is 0.605. The predicted octanol–water partition coefficient (Wildman–Crippen LogP) is -4.79. The van der Waals surface area contributed by atoms with Crippen molar-refractivity contribution in [3.8, 4) is 0 Å². The van der Waals surface area contributed by atoms with E-state index in [0.29, 0.717) is 0 Å². The van der Waals surface area contributed by atoms with Crippen LogP contribution in [0.3, 0.4) is 0 Å². The van der Waals surface area contributed by atoms with Crippen molar-refractivity contribution < 1.29 is 45.0 Å². The van der Waals surface area contributed by atoms with E-state index in [2.05, 4.69) is 16.0 Å². The molecule has 0 aromatic carbocycles. The van der Waals surface area contributed by atoms with E-state index >= 15 is 0 Å². The first kappa shape index (κ1) is 20.2. The minimum atomic E-state index is -1.52. The van der Waals surface area contributed by atoms with E-state index in [0.717, 1.165) is 0 Å². The number of hydrogen-bond donors (Lipinski definition) is 9. The van der Waals surface area contributed by atoms with E-state index in [1.54, 1.807) is 0 Å². The minimum Gasteiger partial charge on any atom is -0.480 e. The van der Waals surface area contributed by atoms with Gasteiger partial charge in [0.05, 0.1) is 56.1 Å². The van der Waals surface area contributed by atoms with Crippen molar-refractivity contribution in [2.45, 2.75) is 36.4 Å². The fraction of sp³-hybridized carbons (Fsp3) is 0.750. The Morgan fingerprint density at radius 3 is 0.958 bits per heavy atom. The third kappa shape index (κ3) is 5.36. The lowest BCUT2D eigenvalue weighted by atomic mass is 9.79. The molecule has 12 heteroatoms. The standard InChI is InChI=1S/C12H21N3O9/c16-4(17)1-13-7-10(22)8(14-2-5(18)19)12(24)9(11(7)23)15-3-6(20)21/h7-15,22-24H,1-3H2,(H,16,17)(H,18,19)(H,20,21). The monoisotopic (exact) mass is 351 g/mol. The van der Waals surface area contributed by atoms with Crippen LogP contribution in [0.5, 0.6) is 0 Å². The van der Waals surface area contributed by atoms with Gasteiger partial charge in [0.15, 0.2) is 0 Å². The van der Waals surface area contributed by atoms with Gasteiger partial charge in [0, 0.05) is 0 Å². The third-order valence-electron chi connectivity index (χ3n) is 3.67. The van der Waals surface area contributed by atoms with Crippen molar-refractivity contribution in [2.75, 3.05) is 19.6 Å². The Labute approximate surface area is 136 Å². The maximum atomic E-state index is 10.7. The Kier molecular flexibility index (Phi) is 7.47. The molecule has 0 unspecified atom stereocenters. The van der Waals surface area contributed by atoms with Gasteiger partial charge in [-0.3, -0.25) is 30.3 Å². The first-order valence-electron chi connectivity index (χ1n) is 7.05. The highest BCUT2D eigenvalue weighted by atomic mass is 16.4. The lowest BCUT2D eigenvalue weighted by molar-refractivity contribution is -0.138. The molecule has 138 valence electrons. The molecule has 0 aromatic heterocycles. The molecule has 0 spiro atoms. The van der Waals surface area contributed by atoms with Crippen LogP contribution in [0.15, 0.2) is 0 Å². The highest BCUT2D eigenvalue weighted by molar-refractivity contribution is 5.70. The summed E-state index contributed by atoms with van der Waals surface area (Å²) in [4.78, 5) is 32.0. The van der Waals surface area contributed by atoms with Crippen LogP contribution in [0.25, 0.3) is 0 Å². The summed E-state index contributed by atoms with van der Waals surface area (Å²) in [5.41, 5.74) is 0. The summed E-state index contributed by atoms with van der Waals surface area (Å²) in [5.74, 6) is -3.78. The molecule has 24 heavy (non-hydrogen) atoms. The zero-order chi connectivity index (χ0) is 18.4. The molecule has 0 aromatic rings. The lowest BCUT2D eigenvalue weighted by Gasteiger charge is -2.46. The molecule has 1 aliphatic rings. The Balaban J connectivity index is 2.94. The van der Waals surface area contributed by atoms with Gasteiger partial charge in [-0.05, 0) is 0 Å². The largest absolute Gasteiger partial charge is 0.480 e. The molecule has 1 fully saturated rings. The van der Waals surface area contributed by atoms with E-state index in [-0.39, 0.29) is 0 Å². The molecule has 0 saturated heterocycles. The molecule has 0 atom stereocenters. The number of aliphatic hydroxyl groups excluding tert-OH is 3. The summed E-state index contributed by atoms with van der Waals surface area (Å²) >= 11 is 0. The van der Waals surface area contributed by atoms with Crippen molar-refractivity contribution in [3.05, 3.63) is 0 Å². The fourth-order valence-corrected chi connectivity index (χ4v) is 2.62. The average molecular weight is 351 g/mol. The molecule has 0 aliphatic heterocycles. The Bertz CT molecular complexity index is 396. The van der Waals surface area contributed by atoms with Crippen molar-refractivity contribution in [2.24, 2.45) is 0 Å². The number of carboxylic acids is 3. The van der Waals surface area contributed by atoms with Crippen LogP contribution < -0.4 is 16.0 Å². The summed E-state index contributed by atoms with van der Waals surface area (Å²) in [6.45, 7) is -1.81. The summed E-state index contributed by atoms with van der Waals surface area (Å²) < 4.78 is 0. The number of carboxylic acid groups (broad SMARTS) is 3. The topological polar surface area (TPSA) is 209 Å².